The van der Waals surface area contributed by atoms with Crippen LogP contribution in [0.2, 0.25) is 0 Å². The third kappa shape index (κ3) is 1.59. The van der Waals surface area contributed by atoms with Crippen molar-refractivity contribution in [1.29, 1.82) is 5.26 Å². The lowest BCUT2D eigenvalue weighted by Gasteiger charge is -2.03. The molecule has 0 saturated heterocycles. The van der Waals surface area contributed by atoms with Gasteiger partial charge in [0, 0.05) is 17.7 Å². The summed E-state index contributed by atoms with van der Waals surface area (Å²) in [5.41, 5.74) is 0.647. The highest BCUT2D eigenvalue weighted by atomic mass is 16.1. The van der Waals surface area contributed by atoms with Gasteiger partial charge in [0.15, 0.2) is 0 Å². The molecule has 2 aromatic rings. The summed E-state index contributed by atoms with van der Waals surface area (Å²) in [6.07, 6.45) is 3.39. The Morgan fingerprint density at radius 2 is 2.12 bits per heavy atom. The molecule has 0 saturated carbocycles. The van der Waals surface area contributed by atoms with Crippen molar-refractivity contribution < 1.29 is 0 Å². The normalized spacial score (nSPS) is 10.8. The predicted octanol–water partition coefficient (Wildman–Crippen LogP) is 1.76. The molecular weight excluding hydrogens is 202 g/mol. The molecule has 0 unspecified atom stereocenters. The van der Waals surface area contributed by atoms with Crippen LogP contribution < -0.4 is 5.56 Å². The van der Waals surface area contributed by atoms with Crippen molar-refractivity contribution in [2.45, 2.75) is 6.92 Å². The van der Waals surface area contributed by atoms with Crippen LogP contribution in [0.25, 0.3) is 17.2 Å². The molecule has 16 heavy (non-hydrogen) atoms. The number of nitriles is 1. The van der Waals surface area contributed by atoms with Crippen molar-refractivity contribution in [2.75, 3.05) is 0 Å². The third-order valence-corrected chi connectivity index (χ3v) is 2.19. The Morgan fingerprint density at radius 3 is 2.81 bits per heavy atom. The number of rotatable bonds is 1. The van der Waals surface area contributed by atoms with Gasteiger partial charge in [-0.05, 0) is 25.1 Å². The molecule has 4 heteroatoms. The average molecular weight is 211 g/mol. The van der Waals surface area contributed by atoms with E-state index in [1.54, 1.807) is 30.5 Å². The lowest BCUT2D eigenvalue weighted by Crippen LogP contribution is -2.15. The molecule has 0 aliphatic heterocycles. The fraction of sp³-hybridized carbons (Fsp3) is 0.0833. The Hall–Kier alpha value is -2.41. The molecule has 0 aliphatic rings. The van der Waals surface area contributed by atoms with Crippen molar-refractivity contribution in [3.05, 3.63) is 46.4 Å². The van der Waals surface area contributed by atoms with Gasteiger partial charge in [0.1, 0.15) is 17.4 Å². The molecule has 4 nitrogen and oxygen atoms in total. The Morgan fingerprint density at radius 1 is 1.38 bits per heavy atom. The molecule has 2 aromatic heterocycles. The van der Waals surface area contributed by atoms with Crippen LogP contribution in [-0.4, -0.2) is 9.55 Å². The molecule has 2 heterocycles. The summed E-state index contributed by atoms with van der Waals surface area (Å²) in [6, 6.07) is 8.55. The van der Waals surface area contributed by atoms with E-state index in [9.17, 15) is 4.79 Å². The minimum atomic E-state index is -0.159. The van der Waals surface area contributed by atoms with Gasteiger partial charge in [-0.1, -0.05) is 6.08 Å². The highest BCUT2D eigenvalue weighted by molar-refractivity contribution is 5.77. The van der Waals surface area contributed by atoms with Gasteiger partial charge in [-0.2, -0.15) is 5.26 Å². The lowest BCUT2D eigenvalue weighted by molar-refractivity contribution is 1.07. The second-order valence-electron chi connectivity index (χ2n) is 3.25. The molecule has 0 bridgehead atoms. The summed E-state index contributed by atoms with van der Waals surface area (Å²) in [4.78, 5) is 15.7. The number of pyridine rings is 2. The molecule has 78 valence electrons. The third-order valence-electron chi connectivity index (χ3n) is 2.19. The Labute approximate surface area is 92.1 Å². The molecule has 0 amide bonds. The van der Waals surface area contributed by atoms with Crippen LogP contribution in [-0.2, 0) is 0 Å². The van der Waals surface area contributed by atoms with Gasteiger partial charge in [0.05, 0.1) is 0 Å². The summed E-state index contributed by atoms with van der Waals surface area (Å²) in [7, 11) is 0. The van der Waals surface area contributed by atoms with Crippen molar-refractivity contribution in [2.24, 2.45) is 0 Å². The van der Waals surface area contributed by atoms with Crippen molar-refractivity contribution >= 4 is 17.2 Å². The average Bonchev–Trinajstić information content (AvgIpc) is 2.32. The lowest BCUT2D eigenvalue weighted by atomic mass is 10.2. The van der Waals surface area contributed by atoms with E-state index in [1.807, 2.05) is 13.0 Å². The van der Waals surface area contributed by atoms with Crippen molar-refractivity contribution in [3.8, 4) is 6.07 Å². The maximum absolute atomic E-state index is 11.6. The summed E-state index contributed by atoms with van der Waals surface area (Å²) < 4.78 is 1.43. The number of allylic oxidation sites excluding steroid dienone is 1. The van der Waals surface area contributed by atoms with E-state index in [0.29, 0.717) is 11.3 Å². The van der Waals surface area contributed by atoms with Gasteiger partial charge in [-0.25, -0.2) is 4.98 Å². The van der Waals surface area contributed by atoms with E-state index in [-0.39, 0.29) is 5.56 Å². The monoisotopic (exact) mass is 211 g/mol. The van der Waals surface area contributed by atoms with Crippen LogP contribution in [0.5, 0.6) is 0 Å². The van der Waals surface area contributed by atoms with Crippen LogP contribution in [0, 0.1) is 11.3 Å². The van der Waals surface area contributed by atoms with Crippen LogP contribution in [0.15, 0.2) is 35.1 Å². The maximum Gasteiger partial charge on any atom is 0.256 e. The van der Waals surface area contributed by atoms with E-state index >= 15 is 0 Å². The first-order valence-electron chi connectivity index (χ1n) is 4.81. The molecule has 0 atom stereocenters. The fourth-order valence-corrected chi connectivity index (χ4v) is 1.48. The summed E-state index contributed by atoms with van der Waals surface area (Å²) >= 11 is 0. The predicted molar refractivity (Wildman–Crippen MR) is 61.7 cm³/mol. The number of hydrogen-bond donors (Lipinski definition) is 0. The number of fused-ring (bicyclic) bond motifs is 1. The minimum Gasteiger partial charge on any atom is -0.269 e. The summed E-state index contributed by atoms with van der Waals surface area (Å²) in [6.45, 7) is 1.82. The zero-order valence-corrected chi connectivity index (χ0v) is 8.71. The molecule has 2 rings (SSSR count). The molecule has 0 aromatic carbocycles. The smallest absolute Gasteiger partial charge is 0.256 e. The summed E-state index contributed by atoms with van der Waals surface area (Å²) in [5.74, 6) is 0. The zero-order chi connectivity index (χ0) is 11.5. The molecule has 0 spiro atoms. The highest BCUT2D eigenvalue weighted by Gasteiger charge is 2.02. The van der Waals surface area contributed by atoms with Crippen LogP contribution in [0.4, 0.5) is 0 Å². The Bertz CT molecular complexity index is 662. The van der Waals surface area contributed by atoms with E-state index in [2.05, 4.69) is 4.98 Å². The Balaban J connectivity index is 2.90. The number of nitrogens with zero attached hydrogens (tertiary/aromatic N) is 3. The molecular formula is C12H9N3O. The SMILES string of the molecule is CC=Cn1c(=O)ccc2ccc(C#N)nc21. The molecule has 0 fully saturated rings. The van der Waals surface area contributed by atoms with E-state index < -0.39 is 0 Å². The van der Waals surface area contributed by atoms with E-state index in [0.717, 1.165) is 5.39 Å². The summed E-state index contributed by atoms with van der Waals surface area (Å²) in [5, 5.41) is 9.60. The van der Waals surface area contributed by atoms with E-state index in [1.165, 1.54) is 10.6 Å². The standard InChI is InChI=1S/C12H9N3O/c1-2-7-15-11(16)6-4-9-3-5-10(8-13)14-12(9)15/h2-7H,1H3. The molecule has 0 aliphatic carbocycles. The van der Waals surface area contributed by atoms with Crippen LogP contribution in [0.1, 0.15) is 12.6 Å². The fourth-order valence-electron chi connectivity index (χ4n) is 1.48. The first-order chi connectivity index (χ1) is 7.76. The zero-order valence-electron chi connectivity index (χ0n) is 8.71. The number of hydrogen-bond acceptors (Lipinski definition) is 3. The second kappa shape index (κ2) is 3.99. The van der Waals surface area contributed by atoms with E-state index in [4.69, 9.17) is 5.26 Å². The second-order valence-corrected chi connectivity index (χ2v) is 3.25. The first-order valence-corrected chi connectivity index (χ1v) is 4.81. The van der Waals surface area contributed by atoms with Crippen LogP contribution >= 0.6 is 0 Å². The largest absolute Gasteiger partial charge is 0.269 e. The van der Waals surface area contributed by atoms with Gasteiger partial charge in [-0.3, -0.25) is 9.36 Å². The van der Waals surface area contributed by atoms with Gasteiger partial charge < -0.3 is 0 Å². The van der Waals surface area contributed by atoms with Crippen molar-refractivity contribution in [1.82, 2.24) is 9.55 Å². The highest BCUT2D eigenvalue weighted by Crippen LogP contribution is 2.10. The van der Waals surface area contributed by atoms with Gasteiger partial charge in [0.25, 0.3) is 5.56 Å². The maximum atomic E-state index is 11.6. The molecule has 0 N–H and O–H groups in total. The van der Waals surface area contributed by atoms with Crippen molar-refractivity contribution in [3.63, 3.8) is 0 Å². The Kier molecular flexibility index (Phi) is 2.52. The number of aromatic nitrogens is 2. The van der Waals surface area contributed by atoms with Gasteiger partial charge in [0.2, 0.25) is 0 Å². The molecule has 0 radical (unpaired) electrons. The topological polar surface area (TPSA) is 58.7 Å². The first kappa shape index (κ1) is 10.1. The van der Waals surface area contributed by atoms with Gasteiger partial charge in [-0.15, -0.1) is 0 Å². The quantitative estimate of drug-likeness (QED) is 0.722. The van der Waals surface area contributed by atoms with Gasteiger partial charge >= 0.3 is 0 Å². The minimum absolute atomic E-state index is 0.159. The van der Waals surface area contributed by atoms with Crippen LogP contribution in [0.3, 0.4) is 0 Å².